The van der Waals surface area contributed by atoms with Crippen molar-refractivity contribution in [3.05, 3.63) is 47.3 Å². The van der Waals surface area contributed by atoms with E-state index in [1.54, 1.807) is 19.3 Å². The van der Waals surface area contributed by atoms with E-state index in [1.807, 2.05) is 0 Å². The van der Waals surface area contributed by atoms with Crippen molar-refractivity contribution >= 4 is 5.69 Å². The minimum Gasteiger partial charge on any atom is -0.386 e. The number of rotatable bonds is 4. The van der Waals surface area contributed by atoms with E-state index in [2.05, 4.69) is 10.4 Å². The van der Waals surface area contributed by atoms with Gasteiger partial charge in [0, 0.05) is 31.0 Å². The molecule has 1 heterocycles. The van der Waals surface area contributed by atoms with E-state index >= 15 is 0 Å². The normalized spacial score (nSPS) is 12.7. The molecule has 0 saturated heterocycles. The zero-order chi connectivity index (χ0) is 16.3. The predicted octanol–water partition coefficient (Wildman–Crippen LogP) is 2.46. The van der Waals surface area contributed by atoms with Crippen LogP contribution in [0.1, 0.15) is 22.8 Å². The van der Waals surface area contributed by atoms with E-state index in [-0.39, 0.29) is 17.8 Å². The van der Waals surface area contributed by atoms with Crippen LogP contribution in [0.15, 0.2) is 30.6 Å². The third-order valence-corrected chi connectivity index (χ3v) is 3.05. The number of hydrogen-bond acceptors (Lipinski definition) is 4. The summed E-state index contributed by atoms with van der Waals surface area (Å²) >= 11 is 0. The minimum atomic E-state index is -4.59. The maximum absolute atomic E-state index is 13.0. The van der Waals surface area contributed by atoms with Crippen LogP contribution in [0, 0.1) is 11.3 Å². The second kappa shape index (κ2) is 6.07. The molecule has 0 aliphatic heterocycles. The highest BCUT2D eigenvalue weighted by atomic mass is 19.4. The molecule has 0 spiro atoms. The summed E-state index contributed by atoms with van der Waals surface area (Å²) < 4.78 is 40.5. The summed E-state index contributed by atoms with van der Waals surface area (Å²) in [6.07, 6.45) is -2.56. The van der Waals surface area contributed by atoms with Gasteiger partial charge in [0.05, 0.1) is 29.5 Å². The van der Waals surface area contributed by atoms with Crippen LogP contribution >= 0.6 is 0 Å². The number of anilines is 1. The van der Waals surface area contributed by atoms with E-state index in [9.17, 15) is 18.3 Å². The molecule has 2 aromatic rings. The van der Waals surface area contributed by atoms with Gasteiger partial charge in [0.2, 0.25) is 0 Å². The van der Waals surface area contributed by atoms with Crippen molar-refractivity contribution in [1.82, 2.24) is 9.78 Å². The number of alkyl halides is 3. The van der Waals surface area contributed by atoms with Gasteiger partial charge in [0.1, 0.15) is 0 Å². The van der Waals surface area contributed by atoms with Crippen molar-refractivity contribution < 1.29 is 18.3 Å². The number of aliphatic hydroxyl groups excluding tert-OH is 1. The van der Waals surface area contributed by atoms with Crippen LogP contribution in [0.25, 0.3) is 0 Å². The Morgan fingerprint density at radius 2 is 2.18 bits per heavy atom. The van der Waals surface area contributed by atoms with Crippen LogP contribution in [-0.2, 0) is 13.2 Å². The SMILES string of the molecule is Cn1cc(C(O)CNc2ccc(C#N)cc2C(F)(F)F)cn1. The summed E-state index contributed by atoms with van der Waals surface area (Å²) in [5.74, 6) is 0. The summed E-state index contributed by atoms with van der Waals surface area (Å²) in [4.78, 5) is 0. The molecule has 0 aliphatic rings. The van der Waals surface area contributed by atoms with Crippen molar-refractivity contribution in [2.24, 2.45) is 7.05 Å². The molecule has 2 rings (SSSR count). The molecule has 1 unspecified atom stereocenters. The van der Waals surface area contributed by atoms with Crippen LogP contribution in [0.5, 0.6) is 0 Å². The van der Waals surface area contributed by atoms with Crippen LogP contribution in [-0.4, -0.2) is 21.4 Å². The second-order valence-electron chi connectivity index (χ2n) is 4.71. The predicted molar refractivity (Wildman–Crippen MR) is 72.8 cm³/mol. The van der Waals surface area contributed by atoms with Gasteiger partial charge in [-0.25, -0.2) is 0 Å². The molecule has 8 heteroatoms. The average Bonchev–Trinajstić information content (AvgIpc) is 2.90. The van der Waals surface area contributed by atoms with Gasteiger partial charge in [-0.15, -0.1) is 0 Å². The van der Waals surface area contributed by atoms with Crippen molar-refractivity contribution in [2.75, 3.05) is 11.9 Å². The molecular weight excluding hydrogens is 297 g/mol. The maximum Gasteiger partial charge on any atom is 0.418 e. The lowest BCUT2D eigenvalue weighted by Gasteiger charge is -2.16. The smallest absolute Gasteiger partial charge is 0.386 e. The number of halogens is 3. The number of aryl methyl sites for hydroxylation is 1. The van der Waals surface area contributed by atoms with Crippen LogP contribution in [0.2, 0.25) is 0 Å². The van der Waals surface area contributed by atoms with Gasteiger partial charge in [-0.05, 0) is 18.2 Å². The maximum atomic E-state index is 13.0. The van der Waals surface area contributed by atoms with Crippen molar-refractivity contribution in [3.8, 4) is 6.07 Å². The average molecular weight is 310 g/mol. The number of aliphatic hydroxyl groups is 1. The molecule has 0 fully saturated rings. The second-order valence-corrected chi connectivity index (χ2v) is 4.71. The molecule has 5 nitrogen and oxygen atoms in total. The molecular formula is C14H13F3N4O. The van der Waals surface area contributed by atoms with Gasteiger partial charge in [-0.3, -0.25) is 4.68 Å². The van der Waals surface area contributed by atoms with Gasteiger partial charge >= 0.3 is 6.18 Å². The molecule has 0 aliphatic carbocycles. The molecule has 0 amide bonds. The van der Waals surface area contributed by atoms with E-state index in [0.717, 1.165) is 6.07 Å². The molecule has 1 aromatic heterocycles. The number of nitrogens with zero attached hydrogens (tertiary/aromatic N) is 3. The monoisotopic (exact) mass is 310 g/mol. The first-order chi connectivity index (χ1) is 10.3. The number of aromatic nitrogens is 2. The van der Waals surface area contributed by atoms with E-state index in [1.165, 1.54) is 23.0 Å². The lowest BCUT2D eigenvalue weighted by Crippen LogP contribution is -2.16. The van der Waals surface area contributed by atoms with Gasteiger partial charge in [-0.2, -0.15) is 23.5 Å². The first-order valence-corrected chi connectivity index (χ1v) is 6.33. The van der Waals surface area contributed by atoms with Crippen molar-refractivity contribution in [2.45, 2.75) is 12.3 Å². The Kier molecular flexibility index (Phi) is 4.37. The summed E-state index contributed by atoms with van der Waals surface area (Å²) in [6.45, 7) is -0.110. The standard InChI is InChI=1S/C14H13F3N4O/c1-21-8-10(6-20-21)13(22)7-19-12-3-2-9(5-18)4-11(12)14(15,16)17/h2-4,6,8,13,19,22H,7H2,1H3. The molecule has 2 N–H and O–H groups in total. The largest absolute Gasteiger partial charge is 0.418 e. The minimum absolute atomic E-state index is 0.0781. The summed E-state index contributed by atoms with van der Waals surface area (Å²) in [6, 6.07) is 4.91. The number of nitrogens with one attached hydrogen (secondary N) is 1. The number of hydrogen-bond donors (Lipinski definition) is 2. The Morgan fingerprint density at radius 1 is 1.45 bits per heavy atom. The summed E-state index contributed by atoms with van der Waals surface area (Å²) in [5.41, 5.74) is -0.706. The Bertz CT molecular complexity index is 703. The lowest BCUT2D eigenvalue weighted by atomic mass is 10.1. The molecule has 0 bridgehead atoms. The first kappa shape index (κ1) is 15.9. The highest BCUT2D eigenvalue weighted by molar-refractivity contribution is 5.56. The molecule has 1 aromatic carbocycles. The Labute approximate surface area is 124 Å². The number of benzene rings is 1. The van der Waals surface area contributed by atoms with E-state index in [0.29, 0.717) is 5.56 Å². The highest BCUT2D eigenvalue weighted by Gasteiger charge is 2.34. The van der Waals surface area contributed by atoms with Gasteiger partial charge in [-0.1, -0.05) is 0 Å². The Hall–Kier alpha value is -2.53. The van der Waals surface area contributed by atoms with Crippen LogP contribution in [0.3, 0.4) is 0 Å². The van der Waals surface area contributed by atoms with Crippen molar-refractivity contribution in [1.29, 1.82) is 5.26 Å². The first-order valence-electron chi connectivity index (χ1n) is 6.33. The third-order valence-electron chi connectivity index (χ3n) is 3.05. The van der Waals surface area contributed by atoms with Gasteiger partial charge < -0.3 is 10.4 Å². The Balaban J connectivity index is 2.17. The fourth-order valence-corrected chi connectivity index (χ4v) is 1.94. The summed E-state index contributed by atoms with van der Waals surface area (Å²) in [5, 5.41) is 25.1. The third kappa shape index (κ3) is 3.56. The molecule has 1 atom stereocenters. The quantitative estimate of drug-likeness (QED) is 0.910. The van der Waals surface area contributed by atoms with E-state index in [4.69, 9.17) is 5.26 Å². The van der Waals surface area contributed by atoms with Gasteiger partial charge in [0.25, 0.3) is 0 Å². The molecule has 0 saturated carbocycles. The molecule has 0 radical (unpaired) electrons. The topological polar surface area (TPSA) is 73.9 Å². The molecule has 22 heavy (non-hydrogen) atoms. The Morgan fingerprint density at radius 3 is 2.73 bits per heavy atom. The fraction of sp³-hybridized carbons (Fsp3) is 0.286. The summed E-state index contributed by atoms with van der Waals surface area (Å²) in [7, 11) is 1.67. The zero-order valence-corrected chi connectivity index (χ0v) is 11.6. The number of nitriles is 1. The van der Waals surface area contributed by atoms with Gasteiger partial charge in [0.15, 0.2) is 0 Å². The zero-order valence-electron chi connectivity index (χ0n) is 11.6. The van der Waals surface area contributed by atoms with Crippen molar-refractivity contribution in [3.63, 3.8) is 0 Å². The van der Waals surface area contributed by atoms with E-state index < -0.39 is 17.8 Å². The van der Waals surface area contributed by atoms with Crippen LogP contribution in [0.4, 0.5) is 18.9 Å². The highest BCUT2D eigenvalue weighted by Crippen LogP contribution is 2.35. The fourth-order valence-electron chi connectivity index (χ4n) is 1.94. The molecule has 116 valence electrons. The van der Waals surface area contributed by atoms with Crippen LogP contribution < -0.4 is 5.32 Å². The lowest BCUT2D eigenvalue weighted by molar-refractivity contribution is -0.137.